The van der Waals surface area contributed by atoms with Gasteiger partial charge in [0.25, 0.3) is 0 Å². The summed E-state index contributed by atoms with van der Waals surface area (Å²) in [6.45, 7) is 1.88. The van der Waals surface area contributed by atoms with Crippen LogP contribution in [0.2, 0.25) is 0 Å². The molecule has 1 aromatic rings. The van der Waals surface area contributed by atoms with E-state index in [1.54, 1.807) is 6.21 Å². The van der Waals surface area contributed by atoms with Crippen LogP contribution in [0.3, 0.4) is 0 Å². The van der Waals surface area contributed by atoms with E-state index < -0.39 is 0 Å². The predicted octanol–water partition coefficient (Wildman–Crippen LogP) is 3.06. The summed E-state index contributed by atoms with van der Waals surface area (Å²) in [5, 5.41) is 19.1. The molecule has 1 N–H and O–H groups in total. The highest BCUT2D eigenvalue weighted by Crippen LogP contribution is 2.49. The minimum absolute atomic E-state index is 0.187. The lowest BCUT2D eigenvalue weighted by molar-refractivity contribution is 0.355. The van der Waals surface area contributed by atoms with Gasteiger partial charge in [0, 0.05) is 11.8 Å². The summed E-state index contributed by atoms with van der Waals surface area (Å²) in [5.74, 6) is 1.61. The van der Waals surface area contributed by atoms with E-state index in [9.17, 15) is 5.11 Å². The zero-order chi connectivity index (χ0) is 13.4. The smallest absolute Gasteiger partial charge is 0.127 e. The Morgan fingerprint density at radius 1 is 1.37 bits per heavy atom. The second-order valence-corrected chi connectivity index (χ2v) is 5.83. The highest BCUT2D eigenvalue weighted by atomic mass is 16.3. The van der Waals surface area contributed by atoms with Crippen LogP contribution in [-0.4, -0.2) is 17.4 Å². The van der Waals surface area contributed by atoms with Gasteiger partial charge >= 0.3 is 0 Å². The number of aromatic hydroxyl groups is 1. The van der Waals surface area contributed by atoms with Gasteiger partial charge in [0.1, 0.15) is 5.75 Å². The number of para-hydroxylation sites is 1. The first-order valence-corrected chi connectivity index (χ1v) is 6.90. The number of nitriles is 1. The van der Waals surface area contributed by atoms with E-state index in [1.807, 2.05) is 25.1 Å². The molecule has 0 amide bonds. The molecule has 0 heterocycles. The van der Waals surface area contributed by atoms with Crippen molar-refractivity contribution in [3.8, 4) is 11.8 Å². The Bertz CT molecular complexity index is 558. The summed E-state index contributed by atoms with van der Waals surface area (Å²) in [4.78, 5) is 4.64. The van der Waals surface area contributed by atoms with Crippen molar-refractivity contribution in [2.24, 2.45) is 22.7 Å². The minimum Gasteiger partial charge on any atom is -0.507 e. The molecule has 98 valence electrons. The van der Waals surface area contributed by atoms with Crippen LogP contribution in [0.15, 0.2) is 23.2 Å². The first-order valence-electron chi connectivity index (χ1n) is 6.90. The lowest BCUT2D eigenvalue weighted by atomic mass is 9.86. The molecule has 2 aliphatic rings. The number of rotatable bonds is 2. The number of phenolic OH excluding ortho intramolecular Hbond substituents is 1. The predicted molar refractivity (Wildman–Crippen MR) is 74.2 cm³/mol. The Labute approximate surface area is 113 Å². The van der Waals surface area contributed by atoms with Gasteiger partial charge in [-0.15, -0.1) is 0 Å². The molecule has 3 rings (SSSR count). The molecule has 4 unspecified atom stereocenters. The van der Waals surface area contributed by atoms with E-state index in [-0.39, 0.29) is 12.0 Å². The van der Waals surface area contributed by atoms with Crippen LogP contribution >= 0.6 is 0 Å². The Hall–Kier alpha value is -1.82. The largest absolute Gasteiger partial charge is 0.507 e. The fourth-order valence-corrected chi connectivity index (χ4v) is 3.60. The molecule has 0 aliphatic heterocycles. The van der Waals surface area contributed by atoms with Crippen LogP contribution in [0.25, 0.3) is 0 Å². The van der Waals surface area contributed by atoms with Gasteiger partial charge in [-0.3, -0.25) is 4.99 Å². The van der Waals surface area contributed by atoms with Gasteiger partial charge in [-0.2, -0.15) is 5.26 Å². The third-order valence-electron chi connectivity index (χ3n) is 4.62. The maximum atomic E-state index is 9.96. The molecule has 19 heavy (non-hydrogen) atoms. The van der Waals surface area contributed by atoms with Crippen LogP contribution in [-0.2, 0) is 0 Å². The van der Waals surface area contributed by atoms with Crippen LogP contribution in [0.5, 0.6) is 5.75 Å². The summed E-state index contributed by atoms with van der Waals surface area (Å²) in [5.41, 5.74) is 1.64. The highest BCUT2D eigenvalue weighted by Gasteiger charge is 2.46. The monoisotopic (exact) mass is 254 g/mol. The van der Waals surface area contributed by atoms with Gasteiger partial charge < -0.3 is 5.11 Å². The molecule has 2 bridgehead atoms. The topological polar surface area (TPSA) is 56.4 Å². The second-order valence-electron chi connectivity index (χ2n) is 5.83. The van der Waals surface area contributed by atoms with Gasteiger partial charge in [-0.25, -0.2) is 0 Å². The average molecular weight is 254 g/mol. The number of aryl methyl sites for hydroxylation is 1. The van der Waals surface area contributed by atoms with Gasteiger partial charge in [-0.05, 0) is 49.7 Å². The van der Waals surface area contributed by atoms with Crippen molar-refractivity contribution in [1.82, 2.24) is 0 Å². The zero-order valence-electron chi connectivity index (χ0n) is 11.1. The van der Waals surface area contributed by atoms with Gasteiger partial charge in [0.2, 0.25) is 0 Å². The van der Waals surface area contributed by atoms with Crippen LogP contribution < -0.4 is 0 Å². The Balaban J connectivity index is 1.77. The maximum Gasteiger partial charge on any atom is 0.127 e. The lowest BCUT2D eigenvalue weighted by Crippen LogP contribution is -2.22. The van der Waals surface area contributed by atoms with Crippen LogP contribution in [0, 0.1) is 36.0 Å². The van der Waals surface area contributed by atoms with E-state index in [0.717, 1.165) is 30.4 Å². The molecule has 1 aromatic carbocycles. The van der Waals surface area contributed by atoms with E-state index in [4.69, 9.17) is 5.26 Å². The molecule has 2 saturated carbocycles. The molecule has 3 heteroatoms. The van der Waals surface area contributed by atoms with Crippen molar-refractivity contribution in [2.45, 2.75) is 32.2 Å². The number of benzene rings is 1. The molecule has 4 atom stereocenters. The number of hydrogen-bond acceptors (Lipinski definition) is 3. The quantitative estimate of drug-likeness (QED) is 0.825. The average Bonchev–Trinajstić information content (AvgIpc) is 2.99. The van der Waals surface area contributed by atoms with Crippen molar-refractivity contribution < 1.29 is 5.11 Å². The van der Waals surface area contributed by atoms with Crippen molar-refractivity contribution in [2.75, 3.05) is 0 Å². The fraction of sp³-hybridized carbons (Fsp3) is 0.500. The van der Waals surface area contributed by atoms with E-state index in [1.165, 1.54) is 0 Å². The summed E-state index contributed by atoms with van der Waals surface area (Å²) in [6.07, 6.45) is 5.09. The molecule has 0 aromatic heterocycles. The molecular formula is C16H18N2O. The maximum absolute atomic E-state index is 9.96. The molecular weight excluding hydrogens is 236 g/mol. The summed E-state index contributed by atoms with van der Waals surface area (Å²) >= 11 is 0. The van der Waals surface area contributed by atoms with Gasteiger partial charge in [0.05, 0.1) is 18.0 Å². The van der Waals surface area contributed by atoms with E-state index in [2.05, 4.69) is 11.1 Å². The fourth-order valence-electron chi connectivity index (χ4n) is 3.60. The molecule has 0 spiro atoms. The number of nitrogens with zero attached hydrogens (tertiary/aromatic N) is 2. The molecule has 3 nitrogen and oxygen atoms in total. The summed E-state index contributed by atoms with van der Waals surface area (Å²) < 4.78 is 0. The normalized spacial score (nSPS) is 32.8. The van der Waals surface area contributed by atoms with Crippen molar-refractivity contribution >= 4 is 6.21 Å². The van der Waals surface area contributed by atoms with E-state index >= 15 is 0 Å². The summed E-state index contributed by atoms with van der Waals surface area (Å²) in [6, 6.07) is 8.37. The highest BCUT2D eigenvalue weighted by molar-refractivity contribution is 5.84. The number of fused-ring (bicyclic) bond motifs is 2. The zero-order valence-corrected chi connectivity index (χ0v) is 11.1. The third-order valence-corrected chi connectivity index (χ3v) is 4.62. The minimum atomic E-state index is 0.187. The van der Waals surface area contributed by atoms with Crippen LogP contribution in [0.4, 0.5) is 0 Å². The number of hydrogen-bond donors (Lipinski definition) is 1. The van der Waals surface area contributed by atoms with Gasteiger partial charge in [-0.1, -0.05) is 12.1 Å². The number of phenols is 1. The first-order chi connectivity index (χ1) is 9.19. The second kappa shape index (κ2) is 4.70. The summed E-state index contributed by atoms with van der Waals surface area (Å²) in [7, 11) is 0. The third kappa shape index (κ3) is 2.12. The van der Waals surface area contributed by atoms with Crippen molar-refractivity contribution in [3.63, 3.8) is 0 Å². The van der Waals surface area contributed by atoms with Crippen molar-refractivity contribution in [1.29, 1.82) is 5.26 Å². The Morgan fingerprint density at radius 2 is 2.21 bits per heavy atom. The molecule has 0 saturated heterocycles. The molecule has 0 radical (unpaired) electrons. The van der Waals surface area contributed by atoms with Crippen molar-refractivity contribution in [3.05, 3.63) is 29.3 Å². The van der Waals surface area contributed by atoms with E-state index in [0.29, 0.717) is 17.6 Å². The SMILES string of the molecule is Cc1cccc(C=NC2CC3CC(C#N)C2C3)c1O. The Morgan fingerprint density at radius 3 is 2.95 bits per heavy atom. The van der Waals surface area contributed by atoms with Crippen LogP contribution in [0.1, 0.15) is 30.4 Å². The lowest BCUT2D eigenvalue weighted by Gasteiger charge is -2.21. The standard InChI is InChI=1S/C16H18N2O/c1-10-3-2-4-12(16(10)19)9-18-15-7-11-5-13(8-17)14(15)6-11/h2-4,9,11,13-15,19H,5-7H2,1H3. The number of aliphatic imine (C=N–C) groups is 1. The first kappa shape index (κ1) is 12.2. The molecule has 2 fully saturated rings. The molecule has 2 aliphatic carbocycles. The van der Waals surface area contributed by atoms with Gasteiger partial charge in [0.15, 0.2) is 0 Å². The Kier molecular flexibility index (Phi) is 3.02.